The van der Waals surface area contributed by atoms with Crippen LogP contribution in [0.5, 0.6) is 5.75 Å². The fraction of sp³-hybridized carbons (Fsp3) is 0.560. The summed E-state index contributed by atoms with van der Waals surface area (Å²) in [4.78, 5) is 41.6. The lowest BCUT2D eigenvalue weighted by Gasteiger charge is -2.41. The van der Waals surface area contributed by atoms with Crippen molar-refractivity contribution in [2.45, 2.75) is 58.2 Å². The number of carbonyl (C=O) groups is 2. The van der Waals surface area contributed by atoms with Crippen molar-refractivity contribution >= 4 is 40.3 Å². The van der Waals surface area contributed by atoms with Crippen LogP contribution in [-0.2, 0) is 9.47 Å². The molecule has 1 amide bonds. The maximum atomic E-state index is 15.7. The van der Waals surface area contributed by atoms with Gasteiger partial charge in [0, 0.05) is 37.9 Å². The molecule has 0 radical (unpaired) electrons. The number of benzene rings is 1. The largest absolute Gasteiger partial charge is 0.492 e. The molecule has 0 bridgehead atoms. The number of piperazine rings is 1. The number of nitrogens with zero attached hydrogens (tertiary/aromatic N) is 3. The van der Waals surface area contributed by atoms with Gasteiger partial charge in [0.1, 0.15) is 16.9 Å². The van der Waals surface area contributed by atoms with Crippen molar-refractivity contribution < 1.29 is 28.2 Å². The van der Waals surface area contributed by atoms with E-state index < -0.39 is 35.0 Å². The number of hydrogen-bond acceptors (Lipinski definition) is 7. The van der Waals surface area contributed by atoms with E-state index >= 15 is 4.39 Å². The molecule has 1 aromatic carbocycles. The number of aromatic nitrogens is 1. The number of rotatable bonds is 5. The molecule has 196 valence electrons. The van der Waals surface area contributed by atoms with Gasteiger partial charge in [-0.3, -0.25) is 4.79 Å². The summed E-state index contributed by atoms with van der Waals surface area (Å²) in [6.07, 6.45) is 2.73. The van der Waals surface area contributed by atoms with E-state index in [2.05, 4.69) is 0 Å². The topological polar surface area (TPSA) is 90.3 Å². The van der Waals surface area contributed by atoms with Crippen molar-refractivity contribution in [2.75, 3.05) is 37.7 Å². The smallest absolute Gasteiger partial charge is 0.410 e. The van der Waals surface area contributed by atoms with Gasteiger partial charge >= 0.3 is 12.1 Å². The molecule has 1 aliphatic heterocycles. The summed E-state index contributed by atoms with van der Waals surface area (Å²) in [5.41, 5.74) is -0.840. The Balaban J connectivity index is 1.77. The van der Waals surface area contributed by atoms with E-state index in [4.69, 9.17) is 25.8 Å². The number of hydrogen-bond donors (Lipinski definition) is 0. The molecule has 1 aliphatic carbocycles. The van der Waals surface area contributed by atoms with E-state index in [9.17, 15) is 14.4 Å². The zero-order valence-corrected chi connectivity index (χ0v) is 21.9. The molecule has 1 unspecified atom stereocenters. The molecule has 2 aromatic rings. The summed E-state index contributed by atoms with van der Waals surface area (Å²) in [7, 11) is 1.43. The minimum Gasteiger partial charge on any atom is -0.492 e. The van der Waals surface area contributed by atoms with Crippen LogP contribution in [0.4, 0.5) is 14.9 Å². The fourth-order valence-corrected chi connectivity index (χ4v) is 4.70. The number of pyridine rings is 1. The first-order valence-electron chi connectivity index (χ1n) is 11.9. The average molecular weight is 524 g/mol. The molecule has 4 rings (SSSR count). The van der Waals surface area contributed by atoms with Gasteiger partial charge in [0.15, 0.2) is 17.6 Å². The van der Waals surface area contributed by atoms with Crippen LogP contribution < -0.4 is 15.1 Å². The zero-order valence-electron chi connectivity index (χ0n) is 21.1. The van der Waals surface area contributed by atoms with Crippen molar-refractivity contribution in [3.8, 4) is 5.75 Å². The Bertz CT molecular complexity index is 1250. The van der Waals surface area contributed by atoms with Crippen LogP contribution in [0.2, 0.25) is 0 Å². The molecule has 0 spiro atoms. The third-order valence-corrected chi connectivity index (χ3v) is 6.43. The van der Waals surface area contributed by atoms with E-state index in [1.54, 1.807) is 30.2 Å². The molecule has 2 aliphatic rings. The highest BCUT2D eigenvalue weighted by molar-refractivity contribution is 6.17. The van der Waals surface area contributed by atoms with Gasteiger partial charge in [-0.2, -0.15) is 0 Å². The Morgan fingerprint density at radius 1 is 1.22 bits per heavy atom. The molecule has 1 aromatic heterocycles. The van der Waals surface area contributed by atoms with Gasteiger partial charge in [0.05, 0.1) is 18.0 Å². The highest BCUT2D eigenvalue weighted by Crippen LogP contribution is 2.44. The lowest BCUT2D eigenvalue weighted by Crippen LogP contribution is -2.55. The second-order valence-electron chi connectivity index (χ2n) is 10.2. The molecule has 2 heterocycles. The molecule has 2 fully saturated rings. The van der Waals surface area contributed by atoms with Crippen molar-refractivity contribution in [1.29, 1.82) is 0 Å². The Morgan fingerprint density at radius 3 is 2.47 bits per heavy atom. The standard InChI is InChI=1S/C25H31ClFN3O6/c1-14-11-28(8-9-29(14)24(33)36-25(2,3)4)20-18(27)10-16-19(22(20)34-5)30(15-6-7-15)12-17(21(16)31)23(32)35-13-26/h10,12,14-15H,6-9,11,13H2,1-5H3. The summed E-state index contributed by atoms with van der Waals surface area (Å²) >= 11 is 5.51. The van der Waals surface area contributed by atoms with Crippen LogP contribution in [0.25, 0.3) is 10.9 Å². The summed E-state index contributed by atoms with van der Waals surface area (Å²) in [6, 6.07) is 0.540. The van der Waals surface area contributed by atoms with Crippen molar-refractivity contribution in [2.24, 2.45) is 0 Å². The molecular weight excluding hydrogens is 493 g/mol. The quantitative estimate of drug-likeness (QED) is 0.426. The summed E-state index contributed by atoms with van der Waals surface area (Å²) in [6.45, 7) is 8.30. The molecule has 11 heteroatoms. The van der Waals surface area contributed by atoms with Crippen LogP contribution in [0, 0.1) is 5.82 Å². The van der Waals surface area contributed by atoms with Crippen molar-refractivity contribution in [3.63, 3.8) is 0 Å². The lowest BCUT2D eigenvalue weighted by atomic mass is 10.1. The molecule has 36 heavy (non-hydrogen) atoms. The molecule has 9 nitrogen and oxygen atoms in total. The van der Waals surface area contributed by atoms with E-state index in [0.29, 0.717) is 25.2 Å². The zero-order chi connectivity index (χ0) is 26.4. The van der Waals surface area contributed by atoms with Gasteiger partial charge in [-0.1, -0.05) is 11.6 Å². The van der Waals surface area contributed by atoms with Crippen molar-refractivity contribution in [3.05, 3.63) is 33.9 Å². The molecule has 1 atom stereocenters. The van der Waals surface area contributed by atoms with E-state index in [1.807, 2.05) is 11.8 Å². The fourth-order valence-electron chi connectivity index (χ4n) is 4.60. The number of esters is 1. The van der Waals surface area contributed by atoms with Gasteiger partial charge < -0.3 is 28.6 Å². The van der Waals surface area contributed by atoms with Gasteiger partial charge in [0.25, 0.3) is 0 Å². The number of anilines is 1. The first kappa shape index (κ1) is 26.1. The number of halogens is 2. The average Bonchev–Trinajstić information content (AvgIpc) is 3.63. The highest BCUT2D eigenvalue weighted by Gasteiger charge is 2.35. The van der Waals surface area contributed by atoms with Crippen LogP contribution in [0.15, 0.2) is 17.1 Å². The van der Waals surface area contributed by atoms with Gasteiger partial charge in [-0.15, -0.1) is 0 Å². The van der Waals surface area contributed by atoms with Gasteiger partial charge in [-0.25, -0.2) is 14.0 Å². The maximum absolute atomic E-state index is 15.7. The van der Waals surface area contributed by atoms with Gasteiger partial charge in [0.2, 0.25) is 5.43 Å². The van der Waals surface area contributed by atoms with E-state index in [-0.39, 0.29) is 34.5 Å². The SMILES string of the molecule is COc1c(N2CCN(C(=O)OC(C)(C)C)C(C)C2)c(F)cc2c(=O)c(C(=O)OCCl)cn(C3CC3)c12. The molecule has 0 N–H and O–H groups in total. The van der Waals surface area contributed by atoms with E-state index in [1.165, 1.54) is 13.3 Å². The summed E-state index contributed by atoms with van der Waals surface area (Å²) in [5.74, 6) is -1.30. The van der Waals surface area contributed by atoms with Crippen LogP contribution in [0.3, 0.4) is 0 Å². The number of methoxy groups -OCH3 is 1. The van der Waals surface area contributed by atoms with Gasteiger partial charge in [-0.05, 0) is 46.6 Å². The number of alkyl halides is 1. The monoisotopic (exact) mass is 523 g/mol. The number of carbonyl (C=O) groups excluding carboxylic acids is 2. The maximum Gasteiger partial charge on any atom is 0.410 e. The Morgan fingerprint density at radius 2 is 1.92 bits per heavy atom. The van der Waals surface area contributed by atoms with Crippen LogP contribution in [0.1, 0.15) is 56.9 Å². The predicted octanol–water partition coefficient (Wildman–Crippen LogP) is 4.28. The summed E-state index contributed by atoms with van der Waals surface area (Å²) < 4.78 is 33.5. The Labute approximate surface area is 213 Å². The number of ether oxygens (including phenoxy) is 3. The third-order valence-electron chi connectivity index (χ3n) is 6.32. The minimum atomic E-state index is -0.859. The number of fused-ring (bicyclic) bond motifs is 1. The predicted molar refractivity (Wildman–Crippen MR) is 134 cm³/mol. The molecule has 1 saturated heterocycles. The van der Waals surface area contributed by atoms with Crippen LogP contribution in [-0.4, -0.2) is 66.0 Å². The lowest BCUT2D eigenvalue weighted by molar-refractivity contribution is 0.0158. The normalized spacial score (nSPS) is 18.4. The second-order valence-corrected chi connectivity index (χ2v) is 10.4. The van der Waals surface area contributed by atoms with E-state index in [0.717, 1.165) is 18.9 Å². The van der Waals surface area contributed by atoms with Crippen LogP contribution >= 0.6 is 11.6 Å². The molecule has 1 saturated carbocycles. The second kappa shape index (κ2) is 9.80. The number of amides is 1. The van der Waals surface area contributed by atoms with Crippen molar-refractivity contribution in [1.82, 2.24) is 9.47 Å². The minimum absolute atomic E-state index is 0.0319. The Hall–Kier alpha value is -3.01. The highest BCUT2D eigenvalue weighted by atomic mass is 35.5. The Kier molecular flexibility index (Phi) is 7.10. The summed E-state index contributed by atoms with van der Waals surface area (Å²) in [5, 5.41) is 0.0319. The first-order valence-corrected chi connectivity index (χ1v) is 12.4. The first-order chi connectivity index (χ1) is 17.0. The third kappa shape index (κ3) is 4.96. The molecular formula is C25H31ClFN3O6.